The highest BCUT2D eigenvalue weighted by molar-refractivity contribution is 5.98. The fourth-order valence-corrected chi connectivity index (χ4v) is 3.20. The molecular formula is C21H19NO5. The average Bonchev–Trinajstić information content (AvgIpc) is 3.29. The van der Waals surface area contributed by atoms with Gasteiger partial charge < -0.3 is 23.5 Å². The standard InChI is InChI=1S/C21H19NO5/c1-22-11-15(12-25-16-8-9-17-18(10-16)27-13-26-17)19(21(23)24-2)20(22)14-6-4-3-5-7-14/h3-11H,12-13H2,1-2H3. The van der Waals surface area contributed by atoms with E-state index in [1.165, 1.54) is 7.11 Å². The number of rotatable bonds is 5. The number of aryl methyl sites for hydroxylation is 1. The minimum atomic E-state index is -0.390. The summed E-state index contributed by atoms with van der Waals surface area (Å²) in [6, 6.07) is 15.1. The lowest BCUT2D eigenvalue weighted by Crippen LogP contribution is -2.07. The summed E-state index contributed by atoms with van der Waals surface area (Å²) in [6.45, 7) is 0.440. The van der Waals surface area contributed by atoms with Crippen molar-refractivity contribution in [2.24, 2.45) is 7.05 Å². The number of hydrogen-bond donors (Lipinski definition) is 0. The van der Waals surface area contributed by atoms with Crippen molar-refractivity contribution >= 4 is 5.97 Å². The Morgan fingerprint density at radius 2 is 1.89 bits per heavy atom. The van der Waals surface area contributed by atoms with Crippen LogP contribution in [-0.2, 0) is 18.4 Å². The van der Waals surface area contributed by atoms with Gasteiger partial charge in [-0.15, -0.1) is 0 Å². The van der Waals surface area contributed by atoms with Crippen molar-refractivity contribution in [3.05, 3.63) is 65.9 Å². The topological polar surface area (TPSA) is 58.9 Å². The third-order valence-electron chi connectivity index (χ3n) is 4.44. The van der Waals surface area contributed by atoms with Crippen LogP contribution in [0.1, 0.15) is 15.9 Å². The van der Waals surface area contributed by atoms with E-state index in [9.17, 15) is 4.79 Å². The third-order valence-corrected chi connectivity index (χ3v) is 4.44. The molecule has 1 aliphatic heterocycles. The molecule has 0 radical (unpaired) electrons. The third kappa shape index (κ3) is 3.21. The highest BCUT2D eigenvalue weighted by atomic mass is 16.7. The van der Waals surface area contributed by atoms with Gasteiger partial charge >= 0.3 is 5.97 Å². The van der Waals surface area contributed by atoms with Crippen LogP contribution >= 0.6 is 0 Å². The van der Waals surface area contributed by atoms with Crippen LogP contribution in [0.25, 0.3) is 11.3 Å². The highest BCUT2D eigenvalue weighted by Gasteiger charge is 2.23. The molecule has 138 valence electrons. The van der Waals surface area contributed by atoms with Gasteiger partial charge in [-0.25, -0.2) is 4.79 Å². The normalized spacial score (nSPS) is 12.1. The molecule has 0 saturated heterocycles. The molecule has 3 aromatic rings. The Balaban J connectivity index is 1.65. The first-order chi connectivity index (χ1) is 13.2. The second kappa shape index (κ2) is 7.07. The fourth-order valence-electron chi connectivity index (χ4n) is 3.20. The van der Waals surface area contributed by atoms with E-state index in [2.05, 4.69) is 0 Å². The molecule has 0 unspecified atom stereocenters. The molecule has 0 fully saturated rings. The van der Waals surface area contributed by atoms with Crippen molar-refractivity contribution in [2.45, 2.75) is 6.61 Å². The summed E-state index contributed by atoms with van der Waals surface area (Å²) in [6.07, 6.45) is 1.89. The molecule has 4 rings (SSSR count). The van der Waals surface area contributed by atoms with Gasteiger partial charge in [0, 0.05) is 24.9 Å². The molecule has 2 aromatic carbocycles. The predicted octanol–water partition coefficient (Wildman–Crippen LogP) is 3.79. The molecular weight excluding hydrogens is 346 g/mol. The molecule has 2 heterocycles. The molecule has 6 heteroatoms. The lowest BCUT2D eigenvalue weighted by Gasteiger charge is -2.09. The Kier molecular flexibility index (Phi) is 4.46. The van der Waals surface area contributed by atoms with E-state index in [0.29, 0.717) is 22.8 Å². The maximum Gasteiger partial charge on any atom is 0.340 e. The first-order valence-corrected chi connectivity index (χ1v) is 8.51. The van der Waals surface area contributed by atoms with E-state index in [1.807, 2.05) is 54.2 Å². The van der Waals surface area contributed by atoms with Crippen molar-refractivity contribution < 1.29 is 23.7 Å². The van der Waals surface area contributed by atoms with E-state index in [0.717, 1.165) is 16.8 Å². The monoisotopic (exact) mass is 365 g/mol. The molecule has 0 spiro atoms. The minimum Gasteiger partial charge on any atom is -0.489 e. The number of aromatic nitrogens is 1. The largest absolute Gasteiger partial charge is 0.489 e. The molecule has 27 heavy (non-hydrogen) atoms. The molecule has 0 N–H and O–H groups in total. The van der Waals surface area contributed by atoms with E-state index in [1.54, 1.807) is 12.1 Å². The molecule has 0 saturated carbocycles. The minimum absolute atomic E-state index is 0.213. The second-order valence-electron chi connectivity index (χ2n) is 6.15. The first-order valence-electron chi connectivity index (χ1n) is 8.51. The van der Waals surface area contributed by atoms with E-state index in [-0.39, 0.29) is 13.4 Å². The number of methoxy groups -OCH3 is 1. The molecule has 0 amide bonds. The van der Waals surface area contributed by atoms with Crippen molar-refractivity contribution in [3.63, 3.8) is 0 Å². The Morgan fingerprint density at radius 3 is 2.67 bits per heavy atom. The van der Waals surface area contributed by atoms with Gasteiger partial charge in [-0.1, -0.05) is 30.3 Å². The number of carbonyl (C=O) groups is 1. The van der Waals surface area contributed by atoms with Crippen LogP contribution < -0.4 is 14.2 Å². The molecule has 1 aliphatic rings. The van der Waals surface area contributed by atoms with Crippen LogP contribution in [0.2, 0.25) is 0 Å². The van der Waals surface area contributed by atoms with Gasteiger partial charge in [0.2, 0.25) is 6.79 Å². The lowest BCUT2D eigenvalue weighted by atomic mass is 10.1. The number of ether oxygens (including phenoxy) is 4. The maximum absolute atomic E-state index is 12.5. The van der Waals surface area contributed by atoms with Gasteiger partial charge in [0.25, 0.3) is 0 Å². The quantitative estimate of drug-likeness (QED) is 0.644. The summed E-state index contributed by atoms with van der Waals surface area (Å²) in [5, 5.41) is 0. The summed E-state index contributed by atoms with van der Waals surface area (Å²) >= 11 is 0. The first kappa shape index (κ1) is 17.0. The fraction of sp³-hybridized carbons (Fsp3) is 0.190. The van der Waals surface area contributed by atoms with Crippen LogP contribution in [0, 0.1) is 0 Å². The molecule has 1 aromatic heterocycles. The molecule has 6 nitrogen and oxygen atoms in total. The van der Waals surface area contributed by atoms with Crippen molar-refractivity contribution in [1.29, 1.82) is 0 Å². The number of hydrogen-bond acceptors (Lipinski definition) is 5. The Morgan fingerprint density at radius 1 is 1.11 bits per heavy atom. The van der Waals surface area contributed by atoms with Crippen LogP contribution in [0.4, 0.5) is 0 Å². The number of benzene rings is 2. The number of nitrogens with zero attached hydrogens (tertiary/aromatic N) is 1. The number of fused-ring (bicyclic) bond motifs is 1. The van der Waals surface area contributed by atoms with Gasteiger partial charge in [-0.3, -0.25) is 0 Å². The summed E-state index contributed by atoms with van der Waals surface area (Å²) < 4.78 is 23.5. The van der Waals surface area contributed by atoms with Gasteiger partial charge in [-0.05, 0) is 17.7 Å². The Hall–Kier alpha value is -3.41. The second-order valence-corrected chi connectivity index (χ2v) is 6.15. The van der Waals surface area contributed by atoms with E-state index in [4.69, 9.17) is 18.9 Å². The van der Waals surface area contributed by atoms with Gasteiger partial charge in [0.1, 0.15) is 12.4 Å². The zero-order valence-electron chi connectivity index (χ0n) is 15.1. The van der Waals surface area contributed by atoms with E-state index >= 15 is 0 Å². The van der Waals surface area contributed by atoms with Crippen molar-refractivity contribution in [3.8, 4) is 28.5 Å². The molecule has 0 atom stereocenters. The van der Waals surface area contributed by atoms with Crippen LogP contribution in [0.5, 0.6) is 17.2 Å². The predicted molar refractivity (Wildman–Crippen MR) is 99.1 cm³/mol. The van der Waals surface area contributed by atoms with Gasteiger partial charge in [0.05, 0.1) is 18.4 Å². The van der Waals surface area contributed by atoms with Crippen molar-refractivity contribution in [2.75, 3.05) is 13.9 Å². The summed E-state index contributed by atoms with van der Waals surface area (Å²) in [7, 11) is 3.28. The molecule has 0 aliphatic carbocycles. The Bertz CT molecular complexity index is 978. The zero-order valence-corrected chi connectivity index (χ0v) is 15.1. The lowest BCUT2D eigenvalue weighted by molar-refractivity contribution is 0.0599. The zero-order chi connectivity index (χ0) is 18.8. The summed E-state index contributed by atoms with van der Waals surface area (Å²) in [4.78, 5) is 12.5. The van der Waals surface area contributed by atoms with Crippen LogP contribution in [0.15, 0.2) is 54.7 Å². The number of esters is 1. The van der Waals surface area contributed by atoms with Gasteiger partial charge in [-0.2, -0.15) is 0 Å². The average molecular weight is 365 g/mol. The smallest absolute Gasteiger partial charge is 0.340 e. The van der Waals surface area contributed by atoms with E-state index < -0.39 is 5.97 Å². The maximum atomic E-state index is 12.5. The molecule has 0 bridgehead atoms. The van der Waals surface area contributed by atoms with Crippen LogP contribution in [0.3, 0.4) is 0 Å². The Labute approximate surface area is 156 Å². The summed E-state index contributed by atoms with van der Waals surface area (Å²) in [5.41, 5.74) is 2.99. The van der Waals surface area contributed by atoms with Crippen LogP contribution in [-0.4, -0.2) is 24.4 Å². The van der Waals surface area contributed by atoms with Crippen molar-refractivity contribution in [1.82, 2.24) is 4.57 Å². The number of carbonyl (C=O) groups excluding carboxylic acids is 1. The highest BCUT2D eigenvalue weighted by Crippen LogP contribution is 2.36. The SMILES string of the molecule is COC(=O)c1c(COc2ccc3c(c2)OCO3)cn(C)c1-c1ccccc1. The van der Waals surface area contributed by atoms with Gasteiger partial charge in [0.15, 0.2) is 11.5 Å². The summed E-state index contributed by atoms with van der Waals surface area (Å²) in [5.74, 6) is 1.60.